The Morgan fingerprint density at radius 3 is 2.94 bits per heavy atom. The van der Waals surface area contributed by atoms with Crippen LogP contribution in [-0.4, -0.2) is 22.1 Å². The predicted molar refractivity (Wildman–Crippen MR) is 57.2 cm³/mol. The minimum absolute atomic E-state index is 0.0158. The fourth-order valence-electron chi connectivity index (χ4n) is 1.13. The molecule has 7 heteroatoms. The summed E-state index contributed by atoms with van der Waals surface area (Å²) in [6, 6.07) is 2.71. The van der Waals surface area contributed by atoms with Gasteiger partial charge in [-0.05, 0) is 0 Å². The molecule has 0 bridgehead atoms. The first-order valence-corrected chi connectivity index (χ1v) is 4.62. The lowest BCUT2D eigenvalue weighted by Gasteiger charge is -2.06. The van der Waals surface area contributed by atoms with Crippen molar-refractivity contribution in [2.75, 3.05) is 6.61 Å². The van der Waals surface area contributed by atoms with E-state index in [0.717, 1.165) is 16.7 Å². The molecule has 1 heterocycles. The third-order valence-corrected chi connectivity index (χ3v) is 1.87. The van der Waals surface area contributed by atoms with Gasteiger partial charge in [-0.25, -0.2) is 9.59 Å². The van der Waals surface area contributed by atoms with Gasteiger partial charge in [-0.3, -0.25) is 14.3 Å². The summed E-state index contributed by atoms with van der Waals surface area (Å²) < 4.78 is 5.67. The Kier molecular flexibility index (Phi) is 4.00. The Morgan fingerprint density at radius 1 is 1.65 bits per heavy atom. The van der Waals surface area contributed by atoms with E-state index in [0.29, 0.717) is 0 Å². The highest BCUT2D eigenvalue weighted by molar-refractivity contribution is 5.81. The molecule has 0 atom stereocenters. The number of rotatable bonds is 4. The van der Waals surface area contributed by atoms with Crippen LogP contribution in [0.3, 0.4) is 0 Å². The van der Waals surface area contributed by atoms with Gasteiger partial charge in [0, 0.05) is 12.1 Å². The van der Waals surface area contributed by atoms with Gasteiger partial charge in [0.15, 0.2) is 0 Å². The first-order chi connectivity index (χ1) is 8.08. The van der Waals surface area contributed by atoms with E-state index in [1.54, 1.807) is 6.07 Å². The van der Waals surface area contributed by atoms with Crippen molar-refractivity contribution in [3.63, 3.8) is 0 Å². The number of ether oxygens (including phenoxy) is 1. The van der Waals surface area contributed by atoms with Crippen molar-refractivity contribution in [1.29, 1.82) is 5.26 Å². The first-order valence-electron chi connectivity index (χ1n) is 4.62. The number of esters is 1. The van der Waals surface area contributed by atoms with Gasteiger partial charge >= 0.3 is 11.7 Å². The van der Waals surface area contributed by atoms with Crippen LogP contribution in [0.25, 0.3) is 0 Å². The summed E-state index contributed by atoms with van der Waals surface area (Å²) in [6.07, 6.45) is 0.987. The van der Waals surface area contributed by atoms with Gasteiger partial charge < -0.3 is 4.74 Å². The van der Waals surface area contributed by atoms with Crippen molar-refractivity contribution in [2.24, 2.45) is 0 Å². The predicted octanol–water partition coefficient (Wildman–Crippen LogP) is -0.863. The second-order valence-corrected chi connectivity index (χ2v) is 2.96. The molecule has 1 rings (SSSR count). The first kappa shape index (κ1) is 12.4. The third kappa shape index (κ3) is 3.17. The topological polar surface area (TPSA) is 105 Å². The van der Waals surface area contributed by atoms with Gasteiger partial charge in [0.05, 0.1) is 6.54 Å². The highest BCUT2D eigenvalue weighted by atomic mass is 16.5. The number of nitrogens with one attached hydrogen (secondary N) is 1. The second-order valence-electron chi connectivity index (χ2n) is 2.96. The highest BCUT2D eigenvalue weighted by Crippen LogP contribution is 1.90. The molecule has 1 N–H and O–H groups in total. The lowest BCUT2D eigenvalue weighted by atomic mass is 10.4. The van der Waals surface area contributed by atoms with Gasteiger partial charge in [-0.15, -0.1) is 0 Å². The molecule has 0 unspecified atom stereocenters. The summed E-state index contributed by atoms with van der Waals surface area (Å²) >= 11 is 0. The maximum absolute atomic E-state index is 11.4. The second kappa shape index (κ2) is 5.46. The van der Waals surface area contributed by atoms with E-state index in [1.165, 1.54) is 0 Å². The average molecular weight is 235 g/mol. The summed E-state index contributed by atoms with van der Waals surface area (Å²) in [4.78, 5) is 35.0. The molecule has 0 saturated carbocycles. The van der Waals surface area contributed by atoms with Crippen LogP contribution in [0.5, 0.6) is 0 Å². The molecule has 0 aromatic carbocycles. The normalized spacial score (nSPS) is 9.35. The van der Waals surface area contributed by atoms with Gasteiger partial charge in [-0.1, -0.05) is 6.58 Å². The van der Waals surface area contributed by atoms with E-state index in [1.807, 2.05) is 4.98 Å². The van der Waals surface area contributed by atoms with E-state index < -0.39 is 17.2 Å². The molecule has 17 heavy (non-hydrogen) atoms. The molecular formula is C10H9N3O4. The van der Waals surface area contributed by atoms with E-state index in [2.05, 4.69) is 11.3 Å². The zero-order valence-electron chi connectivity index (χ0n) is 8.80. The Bertz CT molecular complexity index is 591. The molecule has 0 aliphatic rings. The van der Waals surface area contributed by atoms with Crippen molar-refractivity contribution in [3.8, 4) is 6.07 Å². The number of carbonyl (C=O) groups excluding carboxylic acids is 1. The Labute approximate surface area is 95.6 Å². The van der Waals surface area contributed by atoms with Gasteiger partial charge in [0.25, 0.3) is 5.56 Å². The summed E-state index contributed by atoms with van der Waals surface area (Å²) in [7, 11) is 0. The zero-order valence-corrected chi connectivity index (χ0v) is 8.80. The number of hydrogen-bond donors (Lipinski definition) is 1. The van der Waals surface area contributed by atoms with Crippen LogP contribution in [0.4, 0.5) is 0 Å². The van der Waals surface area contributed by atoms with Crippen molar-refractivity contribution < 1.29 is 9.53 Å². The van der Waals surface area contributed by atoms with Crippen LogP contribution in [0.2, 0.25) is 0 Å². The van der Waals surface area contributed by atoms with Crippen molar-refractivity contribution in [3.05, 3.63) is 45.3 Å². The maximum atomic E-state index is 11.4. The van der Waals surface area contributed by atoms with Gasteiger partial charge in [-0.2, -0.15) is 5.26 Å². The van der Waals surface area contributed by atoms with Crippen LogP contribution in [0.15, 0.2) is 28.3 Å². The van der Waals surface area contributed by atoms with Crippen molar-refractivity contribution in [2.45, 2.75) is 6.54 Å². The fourth-order valence-corrected chi connectivity index (χ4v) is 1.13. The Hall–Kier alpha value is -2.62. The molecule has 7 nitrogen and oxygen atoms in total. The van der Waals surface area contributed by atoms with Gasteiger partial charge in [0.1, 0.15) is 18.4 Å². The van der Waals surface area contributed by atoms with Crippen LogP contribution >= 0.6 is 0 Å². The number of hydrogen-bond acceptors (Lipinski definition) is 5. The summed E-state index contributed by atoms with van der Waals surface area (Å²) in [5, 5.41) is 8.74. The summed E-state index contributed by atoms with van der Waals surface area (Å²) in [6.45, 7) is 3.10. The SMILES string of the molecule is C=CC(=O)OCCn1c(C#N)cc(=O)[nH]c1=O. The minimum atomic E-state index is -0.719. The molecule has 0 spiro atoms. The average Bonchev–Trinajstić information content (AvgIpc) is 2.30. The molecule has 0 aliphatic carbocycles. The molecule has 0 aliphatic heterocycles. The highest BCUT2D eigenvalue weighted by Gasteiger charge is 2.05. The third-order valence-electron chi connectivity index (χ3n) is 1.87. The number of nitriles is 1. The largest absolute Gasteiger partial charge is 0.461 e. The maximum Gasteiger partial charge on any atom is 0.330 e. The van der Waals surface area contributed by atoms with Crippen LogP contribution in [-0.2, 0) is 16.1 Å². The molecular weight excluding hydrogens is 226 g/mol. The quantitative estimate of drug-likeness (QED) is 0.540. The van der Waals surface area contributed by atoms with Crippen molar-refractivity contribution in [1.82, 2.24) is 9.55 Å². The summed E-state index contributed by atoms with van der Waals surface area (Å²) in [5.41, 5.74) is -1.46. The van der Waals surface area contributed by atoms with E-state index >= 15 is 0 Å². The van der Waals surface area contributed by atoms with Crippen LogP contribution < -0.4 is 11.2 Å². The molecule has 0 saturated heterocycles. The lowest BCUT2D eigenvalue weighted by molar-refractivity contribution is -0.138. The zero-order chi connectivity index (χ0) is 12.8. The number of carbonyl (C=O) groups is 1. The number of nitrogens with zero attached hydrogens (tertiary/aromatic N) is 2. The molecule has 0 radical (unpaired) electrons. The van der Waals surface area contributed by atoms with Crippen molar-refractivity contribution >= 4 is 5.97 Å². The van der Waals surface area contributed by atoms with Crippen LogP contribution in [0.1, 0.15) is 5.69 Å². The number of aromatic nitrogens is 2. The lowest BCUT2D eigenvalue weighted by Crippen LogP contribution is -2.32. The molecule has 1 aromatic heterocycles. The number of H-pyrrole nitrogens is 1. The summed E-state index contributed by atoms with van der Waals surface area (Å²) in [5.74, 6) is -0.624. The molecule has 1 aromatic rings. The molecule has 0 amide bonds. The van der Waals surface area contributed by atoms with E-state index in [4.69, 9.17) is 5.26 Å². The Balaban J connectivity index is 2.88. The fraction of sp³-hybridized carbons (Fsp3) is 0.200. The van der Waals surface area contributed by atoms with E-state index in [-0.39, 0.29) is 18.8 Å². The molecule has 88 valence electrons. The number of aromatic amines is 1. The van der Waals surface area contributed by atoms with E-state index in [9.17, 15) is 14.4 Å². The standard InChI is InChI=1S/C10H9N3O4/c1-2-9(15)17-4-3-13-7(6-11)5-8(14)12-10(13)16/h2,5H,1,3-4H2,(H,12,14,16). The smallest absolute Gasteiger partial charge is 0.330 e. The molecule has 0 fully saturated rings. The Morgan fingerprint density at radius 2 is 2.35 bits per heavy atom. The van der Waals surface area contributed by atoms with Crippen LogP contribution in [0, 0.1) is 11.3 Å². The minimum Gasteiger partial charge on any atom is -0.461 e. The monoisotopic (exact) mass is 235 g/mol. The van der Waals surface area contributed by atoms with Gasteiger partial charge in [0.2, 0.25) is 0 Å².